The maximum atomic E-state index is 11.8. The normalized spacial score (nSPS) is 22.6. The summed E-state index contributed by atoms with van der Waals surface area (Å²) in [4.78, 5) is 26.4. The Balaban J connectivity index is 1.71. The maximum Gasteiger partial charge on any atom is 0.320 e. The predicted molar refractivity (Wildman–Crippen MR) is 66.4 cm³/mol. The van der Waals surface area contributed by atoms with Crippen molar-refractivity contribution >= 4 is 12.0 Å². The first kappa shape index (κ1) is 13.1. The number of nitrogens with one attached hydrogen (secondary N) is 1. The van der Waals surface area contributed by atoms with Gasteiger partial charge in [-0.15, -0.1) is 0 Å². The van der Waals surface area contributed by atoms with Crippen molar-refractivity contribution in [3.63, 3.8) is 0 Å². The third-order valence-corrected chi connectivity index (χ3v) is 3.75. The van der Waals surface area contributed by atoms with Crippen LogP contribution in [0.25, 0.3) is 0 Å². The van der Waals surface area contributed by atoms with Crippen LogP contribution in [0.4, 0.5) is 4.79 Å². The van der Waals surface area contributed by atoms with Crippen molar-refractivity contribution < 1.29 is 14.7 Å². The Hall–Kier alpha value is -1.30. The van der Waals surface area contributed by atoms with E-state index in [9.17, 15) is 9.59 Å². The van der Waals surface area contributed by atoms with Crippen LogP contribution in [0.5, 0.6) is 0 Å². The highest BCUT2D eigenvalue weighted by atomic mass is 16.4. The number of nitrogens with zero attached hydrogens (tertiary/aromatic N) is 2. The van der Waals surface area contributed by atoms with Crippen LogP contribution in [0, 0.1) is 5.92 Å². The number of hydrogen-bond acceptors (Lipinski definition) is 3. The molecule has 1 heterocycles. The van der Waals surface area contributed by atoms with Gasteiger partial charge in [0.15, 0.2) is 0 Å². The van der Waals surface area contributed by atoms with Crippen LogP contribution >= 0.6 is 0 Å². The molecular weight excluding hydrogens is 234 g/mol. The van der Waals surface area contributed by atoms with Gasteiger partial charge >= 0.3 is 12.0 Å². The van der Waals surface area contributed by atoms with Crippen molar-refractivity contribution in [2.45, 2.75) is 25.8 Å². The van der Waals surface area contributed by atoms with E-state index in [1.165, 1.54) is 12.8 Å². The molecule has 0 aromatic carbocycles. The van der Waals surface area contributed by atoms with Gasteiger partial charge in [-0.3, -0.25) is 9.69 Å². The summed E-state index contributed by atoms with van der Waals surface area (Å²) in [6.07, 6.45) is 2.45. The van der Waals surface area contributed by atoms with Gasteiger partial charge in [-0.2, -0.15) is 0 Å². The number of hydrogen-bond donors (Lipinski definition) is 2. The largest absolute Gasteiger partial charge is 0.480 e. The van der Waals surface area contributed by atoms with E-state index in [2.05, 4.69) is 5.32 Å². The summed E-state index contributed by atoms with van der Waals surface area (Å²) >= 11 is 0. The van der Waals surface area contributed by atoms with E-state index in [1.807, 2.05) is 4.90 Å². The number of carbonyl (C=O) groups is 2. The average Bonchev–Trinajstić information content (AvgIpc) is 3.19. The number of carboxylic acid groups (broad SMARTS) is 1. The van der Waals surface area contributed by atoms with E-state index in [4.69, 9.17) is 5.11 Å². The summed E-state index contributed by atoms with van der Waals surface area (Å²) in [5.74, 6) is -0.121. The second kappa shape index (κ2) is 5.56. The summed E-state index contributed by atoms with van der Waals surface area (Å²) in [6, 6.07) is -0.480. The molecule has 1 unspecified atom stereocenters. The van der Waals surface area contributed by atoms with Crippen LogP contribution in [0.15, 0.2) is 0 Å². The Bertz CT molecular complexity index is 323. The Morgan fingerprint density at radius 1 is 1.28 bits per heavy atom. The Kier molecular flexibility index (Phi) is 4.06. The molecule has 0 spiro atoms. The summed E-state index contributed by atoms with van der Waals surface area (Å²) < 4.78 is 0. The SMILES string of the molecule is CC(C(=O)O)N1CCN(C(=O)NCC2CC2)CC1. The highest BCUT2D eigenvalue weighted by Crippen LogP contribution is 2.27. The lowest BCUT2D eigenvalue weighted by atomic mass is 10.2. The molecule has 0 radical (unpaired) electrons. The van der Waals surface area contributed by atoms with Crippen LogP contribution in [-0.2, 0) is 4.79 Å². The monoisotopic (exact) mass is 255 g/mol. The van der Waals surface area contributed by atoms with Gasteiger partial charge in [-0.25, -0.2) is 4.79 Å². The fourth-order valence-corrected chi connectivity index (χ4v) is 2.13. The van der Waals surface area contributed by atoms with Crippen molar-refractivity contribution in [2.75, 3.05) is 32.7 Å². The van der Waals surface area contributed by atoms with Gasteiger partial charge in [0.25, 0.3) is 0 Å². The van der Waals surface area contributed by atoms with Gasteiger partial charge in [-0.1, -0.05) is 0 Å². The first-order valence-electron chi connectivity index (χ1n) is 6.57. The van der Waals surface area contributed by atoms with Crippen molar-refractivity contribution in [3.05, 3.63) is 0 Å². The number of carbonyl (C=O) groups excluding carboxylic acids is 1. The fourth-order valence-electron chi connectivity index (χ4n) is 2.13. The fraction of sp³-hybridized carbons (Fsp3) is 0.833. The Labute approximate surface area is 107 Å². The van der Waals surface area contributed by atoms with Gasteiger partial charge in [0, 0.05) is 32.7 Å². The first-order chi connectivity index (χ1) is 8.58. The molecular formula is C12H21N3O3. The summed E-state index contributed by atoms with van der Waals surface area (Å²) in [6.45, 7) is 4.94. The molecule has 2 N–H and O–H groups in total. The molecule has 1 saturated carbocycles. The zero-order valence-electron chi connectivity index (χ0n) is 10.8. The lowest BCUT2D eigenvalue weighted by Crippen LogP contribution is -2.55. The van der Waals surface area contributed by atoms with Crippen molar-refractivity contribution in [1.29, 1.82) is 0 Å². The van der Waals surface area contributed by atoms with Gasteiger partial charge in [0.2, 0.25) is 0 Å². The maximum absolute atomic E-state index is 11.8. The average molecular weight is 255 g/mol. The second-order valence-corrected chi connectivity index (χ2v) is 5.17. The van der Waals surface area contributed by atoms with E-state index < -0.39 is 12.0 Å². The minimum atomic E-state index is -0.804. The smallest absolute Gasteiger partial charge is 0.320 e. The summed E-state index contributed by atoms with van der Waals surface area (Å²) in [5, 5.41) is 11.9. The molecule has 0 bridgehead atoms. The van der Waals surface area contributed by atoms with Crippen LogP contribution < -0.4 is 5.32 Å². The van der Waals surface area contributed by atoms with Gasteiger partial charge in [-0.05, 0) is 25.7 Å². The number of aliphatic carboxylic acids is 1. The molecule has 1 aliphatic carbocycles. The van der Waals surface area contributed by atoms with E-state index in [0.29, 0.717) is 32.1 Å². The number of urea groups is 1. The molecule has 6 nitrogen and oxygen atoms in total. The Morgan fingerprint density at radius 2 is 1.89 bits per heavy atom. The van der Waals surface area contributed by atoms with Crippen LogP contribution in [-0.4, -0.2) is 65.7 Å². The third-order valence-electron chi connectivity index (χ3n) is 3.75. The number of rotatable bonds is 4. The zero-order valence-corrected chi connectivity index (χ0v) is 10.8. The molecule has 2 amide bonds. The third kappa shape index (κ3) is 3.35. The Morgan fingerprint density at radius 3 is 2.39 bits per heavy atom. The number of carboxylic acids is 1. The van der Waals surface area contributed by atoms with Crippen LogP contribution in [0.3, 0.4) is 0 Å². The topological polar surface area (TPSA) is 72.9 Å². The molecule has 102 valence electrons. The highest BCUT2D eigenvalue weighted by molar-refractivity contribution is 5.75. The predicted octanol–water partition coefficient (Wildman–Crippen LogP) is 0.197. The van der Waals surface area contributed by atoms with E-state index in [-0.39, 0.29) is 6.03 Å². The van der Waals surface area contributed by atoms with Gasteiger partial charge in [0.05, 0.1) is 0 Å². The number of amides is 2. The molecule has 1 atom stereocenters. The highest BCUT2D eigenvalue weighted by Gasteiger charge is 2.28. The molecule has 0 aromatic heterocycles. The summed E-state index contributed by atoms with van der Waals surface area (Å²) in [7, 11) is 0. The molecule has 1 aliphatic heterocycles. The molecule has 2 rings (SSSR count). The standard InChI is InChI=1S/C12H21N3O3/c1-9(11(16)17)14-4-6-15(7-5-14)12(18)13-8-10-2-3-10/h9-10H,2-8H2,1H3,(H,13,18)(H,16,17). The molecule has 1 saturated heterocycles. The van der Waals surface area contributed by atoms with Gasteiger partial charge < -0.3 is 15.3 Å². The second-order valence-electron chi connectivity index (χ2n) is 5.17. The van der Waals surface area contributed by atoms with Crippen molar-refractivity contribution in [1.82, 2.24) is 15.1 Å². The molecule has 2 aliphatic rings. The van der Waals surface area contributed by atoms with E-state index in [0.717, 1.165) is 6.54 Å². The number of piperazine rings is 1. The van der Waals surface area contributed by atoms with Crippen LogP contribution in [0.1, 0.15) is 19.8 Å². The van der Waals surface area contributed by atoms with Crippen LogP contribution in [0.2, 0.25) is 0 Å². The molecule has 0 aromatic rings. The van der Waals surface area contributed by atoms with E-state index in [1.54, 1.807) is 11.8 Å². The molecule has 6 heteroatoms. The first-order valence-corrected chi connectivity index (χ1v) is 6.57. The van der Waals surface area contributed by atoms with Crippen molar-refractivity contribution in [2.24, 2.45) is 5.92 Å². The minimum absolute atomic E-state index is 0.00970. The minimum Gasteiger partial charge on any atom is -0.480 e. The van der Waals surface area contributed by atoms with Gasteiger partial charge in [0.1, 0.15) is 6.04 Å². The van der Waals surface area contributed by atoms with Crippen molar-refractivity contribution in [3.8, 4) is 0 Å². The zero-order chi connectivity index (χ0) is 13.1. The lowest BCUT2D eigenvalue weighted by Gasteiger charge is -2.36. The lowest BCUT2D eigenvalue weighted by molar-refractivity contribution is -0.143. The molecule has 18 heavy (non-hydrogen) atoms. The van der Waals surface area contributed by atoms with E-state index >= 15 is 0 Å². The quantitative estimate of drug-likeness (QED) is 0.752. The molecule has 2 fully saturated rings. The summed E-state index contributed by atoms with van der Waals surface area (Å²) in [5.41, 5.74) is 0.